The molecule has 1 saturated carbocycles. The molecule has 7 heteroatoms. The highest BCUT2D eigenvalue weighted by molar-refractivity contribution is 7.89. The van der Waals surface area contributed by atoms with E-state index in [1.165, 1.54) is 18.3 Å². The minimum atomic E-state index is -3.53. The van der Waals surface area contributed by atoms with Crippen LogP contribution in [0.25, 0.3) is 0 Å². The molecule has 100 valence electrons. The summed E-state index contributed by atoms with van der Waals surface area (Å²) < 4.78 is 32.1. The van der Waals surface area contributed by atoms with E-state index in [0.717, 1.165) is 12.8 Å². The number of nitrogens with zero attached hydrogens (tertiary/aromatic N) is 1. The summed E-state index contributed by atoms with van der Waals surface area (Å²) in [6.07, 6.45) is 3.88. The summed E-state index contributed by atoms with van der Waals surface area (Å²) in [7, 11) is -1.88. The first-order chi connectivity index (χ1) is 8.51. The van der Waals surface area contributed by atoms with E-state index in [2.05, 4.69) is 9.71 Å². The molecule has 5 nitrogen and oxygen atoms in total. The predicted octanol–water partition coefficient (Wildman–Crippen LogP) is 1.58. The Hall–Kier alpha value is -0.690. The molecule has 2 atom stereocenters. The molecule has 1 fully saturated rings. The van der Waals surface area contributed by atoms with Gasteiger partial charge in [0.1, 0.15) is 5.15 Å². The van der Waals surface area contributed by atoms with Gasteiger partial charge in [-0.3, -0.25) is 0 Å². The largest absolute Gasteiger partial charge is 0.381 e. The van der Waals surface area contributed by atoms with Crippen LogP contribution in [-0.2, 0) is 14.8 Å². The van der Waals surface area contributed by atoms with Crippen molar-refractivity contribution in [3.05, 3.63) is 23.5 Å². The van der Waals surface area contributed by atoms with E-state index in [1.54, 1.807) is 7.11 Å². The van der Waals surface area contributed by atoms with Gasteiger partial charge in [-0.05, 0) is 31.4 Å². The second-order valence-electron chi connectivity index (χ2n) is 4.30. The number of ether oxygens (including phenoxy) is 1. The number of halogens is 1. The highest BCUT2D eigenvalue weighted by Gasteiger charge is 2.28. The Labute approximate surface area is 112 Å². The van der Waals surface area contributed by atoms with E-state index in [9.17, 15) is 8.42 Å². The number of rotatable bonds is 4. The number of nitrogens with one attached hydrogen (secondary N) is 1. The van der Waals surface area contributed by atoms with Gasteiger partial charge in [0.2, 0.25) is 10.0 Å². The molecule has 1 aromatic rings. The first-order valence-corrected chi connectivity index (χ1v) is 7.54. The lowest BCUT2D eigenvalue weighted by molar-refractivity contribution is 0.107. The molecule has 18 heavy (non-hydrogen) atoms. The van der Waals surface area contributed by atoms with E-state index < -0.39 is 10.0 Å². The molecular weight excluding hydrogens is 276 g/mol. The molecule has 2 rings (SSSR count). The number of hydrogen-bond donors (Lipinski definition) is 1. The molecule has 0 amide bonds. The fourth-order valence-electron chi connectivity index (χ4n) is 2.10. The van der Waals surface area contributed by atoms with Gasteiger partial charge in [0.25, 0.3) is 0 Å². The molecule has 0 spiro atoms. The van der Waals surface area contributed by atoms with Crippen LogP contribution < -0.4 is 4.72 Å². The normalized spacial score (nSPS) is 24.3. The second kappa shape index (κ2) is 5.52. The maximum atomic E-state index is 12.1. The summed E-state index contributed by atoms with van der Waals surface area (Å²) in [4.78, 5) is 3.91. The molecule has 0 radical (unpaired) electrons. The summed E-state index contributed by atoms with van der Waals surface area (Å²) >= 11 is 5.69. The maximum Gasteiger partial charge on any atom is 0.240 e. The van der Waals surface area contributed by atoms with Crippen molar-refractivity contribution < 1.29 is 13.2 Å². The van der Waals surface area contributed by atoms with E-state index in [4.69, 9.17) is 16.3 Å². The van der Waals surface area contributed by atoms with E-state index in [-0.39, 0.29) is 22.2 Å². The fraction of sp³-hybridized carbons (Fsp3) is 0.545. The molecule has 1 heterocycles. The first kappa shape index (κ1) is 13.7. The Kier molecular flexibility index (Phi) is 4.21. The molecule has 1 N–H and O–H groups in total. The fourth-order valence-corrected chi connectivity index (χ4v) is 3.63. The van der Waals surface area contributed by atoms with Gasteiger partial charge >= 0.3 is 0 Å². The average molecular weight is 291 g/mol. The zero-order valence-electron chi connectivity index (χ0n) is 9.97. The van der Waals surface area contributed by atoms with Crippen molar-refractivity contribution in [1.82, 2.24) is 9.71 Å². The highest BCUT2D eigenvalue weighted by atomic mass is 35.5. The van der Waals surface area contributed by atoms with Gasteiger partial charge < -0.3 is 4.74 Å². The zero-order valence-corrected chi connectivity index (χ0v) is 11.5. The summed E-state index contributed by atoms with van der Waals surface area (Å²) in [5, 5.41) is 0.166. The van der Waals surface area contributed by atoms with Gasteiger partial charge in [-0.25, -0.2) is 18.1 Å². The number of hydrogen-bond acceptors (Lipinski definition) is 4. The van der Waals surface area contributed by atoms with Gasteiger partial charge in [-0.1, -0.05) is 11.6 Å². The monoisotopic (exact) mass is 290 g/mol. The molecule has 0 bridgehead atoms. The average Bonchev–Trinajstić information content (AvgIpc) is 2.76. The summed E-state index contributed by atoms with van der Waals surface area (Å²) in [6.45, 7) is 0. The quantitative estimate of drug-likeness (QED) is 0.855. The molecular formula is C11H15ClN2O3S. The van der Waals surface area contributed by atoms with Crippen LogP contribution >= 0.6 is 11.6 Å². The van der Waals surface area contributed by atoms with Crippen molar-refractivity contribution in [1.29, 1.82) is 0 Å². The molecule has 0 aromatic carbocycles. The van der Waals surface area contributed by atoms with Crippen molar-refractivity contribution in [2.24, 2.45) is 0 Å². The molecule has 1 aliphatic carbocycles. The van der Waals surface area contributed by atoms with E-state index in [0.29, 0.717) is 6.42 Å². The molecule has 1 aromatic heterocycles. The van der Waals surface area contributed by atoms with Gasteiger partial charge in [-0.2, -0.15) is 0 Å². The lowest BCUT2D eigenvalue weighted by Gasteiger charge is -2.13. The van der Waals surface area contributed by atoms with E-state index in [1.807, 2.05) is 0 Å². The minimum absolute atomic E-state index is 0.0770. The van der Waals surface area contributed by atoms with Crippen LogP contribution in [0.5, 0.6) is 0 Å². The highest BCUT2D eigenvalue weighted by Crippen LogP contribution is 2.23. The van der Waals surface area contributed by atoms with Gasteiger partial charge in [-0.15, -0.1) is 0 Å². The van der Waals surface area contributed by atoms with Crippen molar-refractivity contribution in [2.45, 2.75) is 36.3 Å². The van der Waals surface area contributed by atoms with E-state index >= 15 is 0 Å². The third-order valence-corrected chi connectivity index (χ3v) is 4.77. The minimum Gasteiger partial charge on any atom is -0.381 e. The van der Waals surface area contributed by atoms with Crippen LogP contribution in [0.2, 0.25) is 5.15 Å². The Morgan fingerprint density at radius 1 is 1.50 bits per heavy atom. The third kappa shape index (κ3) is 3.20. The Bertz CT molecular complexity index is 521. The smallest absolute Gasteiger partial charge is 0.240 e. The van der Waals surface area contributed by atoms with Crippen LogP contribution in [0, 0.1) is 0 Å². The molecule has 0 aliphatic heterocycles. The summed E-state index contributed by atoms with van der Waals surface area (Å²) in [5.74, 6) is 0. The standard InChI is InChI=1S/C11H15ClN2O3S/c1-17-9-3-2-8(6-9)14-18(15,16)10-4-5-13-11(12)7-10/h4-5,7-9,14H,2-3,6H2,1H3. The van der Waals surface area contributed by atoms with Crippen LogP contribution in [-0.4, -0.2) is 32.7 Å². The number of aromatic nitrogens is 1. The van der Waals surface area contributed by atoms with Gasteiger partial charge in [0, 0.05) is 19.3 Å². The van der Waals surface area contributed by atoms with Crippen LogP contribution in [0.4, 0.5) is 0 Å². The van der Waals surface area contributed by atoms with Crippen LogP contribution in [0.3, 0.4) is 0 Å². The van der Waals surface area contributed by atoms with Crippen molar-refractivity contribution in [3.63, 3.8) is 0 Å². The summed E-state index contributed by atoms with van der Waals surface area (Å²) in [5.41, 5.74) is 0. The maximum absolute atomic E-state index is 12.1. The van der Waals surface area contributed by atoms with Crippen molar-refractivity contribution in [3.8, 4) is 0 Å². The van der Waals surface area contributed by atoms with Crippen molar-refractivity contribution >= 4 is 21.6 Å². The van der Waals surface area contributed by atoms with Gasteiger partial charge in [0.15, 0.2) is 0 Å². The van der Waals surface area contributed by atoms with Crippen molar-refractivity contribution in [2.75, 3.05) is 7.11 Å². The van der Waals surface area contributed by atoms with Crippen LogP contribution in [0.15, 0.2) is 23.2 Å². The SMILES string of the molecule is COC1CCC(NS(=O)(=O)c2ccnc(Cl)c2)C1. The first-order valence-electron chi connectivity index (χ1n) is 5.68. The Morgan fingerprint density at radius 3 is 2.89 bits per heavy atom. The molecule has 1 aliphatic rings. The zero-order chi connectivity index (χ0) is 13.2. The predicted molar refractivity (Wildman–Crippen MR) is 68.0 cm³/mol. The Balaban J connectivity index is 2.09. The molecule has 2 unspecified atom stereocenters. The molecule has 0 saturated heterocycles. The number of methoxy groups -OCH3 is 1. The number of sulfonamides is 1. The lowest BCUT2D eigenvalue weighted by atomic mass is 10.3. The lowest BCUT2D eigenvalue weighted by Crippen LogP contribution is -2.33. The second-order valence-corrected chi connectivity index (χ2v) is 6.40. The number of pyridine rings is 1. The third-order valence-electron chi connectivity index (χ3n) is 3.05. The topological polar surface area (TPSA) is 68.3 Å². The Morgan fingerprint density at radius 2 is 2.28 bits per heavy atom. The summed E-state index contributed by atoms with van der Waals surface area (Å²) in [6, 6.07) is 2.69. The van der Waals surface area contributed by atoms with Gasteiger partial charge in [0.05, 0.1) is 11.0 Å². The van der Waals surface area contributed by atoms with Crippen LogP contribution in [0.1, 0.15) is 19.3 Å².